The maximum absolute atomic E-state index is 5.35. The van der Waals surface area contributed by atoms with Crippen molar-refractivity contribution in [3.05, 3.63) is 11.8 Å². The minimum atomic E-state index is 0.727. The molecule has 0 radical (unpaired) electrons. The Hall–Kier alpha value is -0.900. The summed E-state index contributed by atoms with van der Waals surface area (Å²) in [5.74, 6) is 1.46. The standard InChI is InChI=1S/C9H17N3O/c1-3-6-10-7-5-9-12-11-8(4-2)13-9/h10H,3-7H2,1-2H3. The van der Waals surface area contributed by atoms with Gasteiger partial charge in [-0.3, -0.25) is 0 Å². The second-order valence-electron chi connectivity index (χ2n) is 2.94. The van der Waals surface area contributed by atoms with E-state index in [2.05, 4.69) is 22.4 Å². The number of nitrogens with one attached hydrogen (secondary N) is 1. The third-order valence-corrected chi connectivity index (χ3v) is 1.75. The number of nitrogens with zero attached hydrogens (tertiary/aromatic N) is 2. The molecule has 0 saturated heterocycles. The van der Waals surface area contributed by atoms with Gasteiger partial charge in [0.2, 0.25) is 11.8 Å². The molecule has 1 rings (SSSR count). The Labute approximate surface area is 78.7 Å². The largest absolute Gasteiger partial charge is 0.425 e. The average Bonchev–Trinajstić information content (AvgIpc) is 2.60. The van der Waals surface area contributed by atoms with E-state index in [1.165, 1.54) is 0 Å². The lowest BCUT2D eigenvalue weighted by Crippen LogP contribution is -2.17. The van der Waals surface area contributed by atoms with Crippen LogP contribution in [0, 0.1) is 0 Å². The predicted molar refractivity (Wildman–Crippen MR) is 50.5 cm³/mol. The van der Waals surface area contributed by atoms with Gasteiger partial charge in [-0.25, -0.2) is 0 Å². The van der Waals surface area contributed by atoms with Crippen molar-refractivity contribution in [2.45, 2.75) is 33.1 Å². The fourth-order valence-electron chi connectivity index (χ4n) is 1.03. The monoisotopic (exact) mass is 183 g/mol. The summed E-state index contributed by atoms with van der Waals surface area (Å²) < 4.78 is 5.35. The van der Waals surface area contributed by atoms with Crippen molar-refractivity contribution in [1.82, 2.24) is 15.5 Å². The highest BCUT2D eigenvalue weighted by Gasteiger charge is 2.02. The first-order chi connectivity index (χ1) is 6.36. The molecule has 0 unspecified atom stereocenters. The Bertz CT molecular complexity index is 235. The van der Waals surface area contributed by atoms with Gasteiger partial charge in [-0.1, -0.05) is 13.8 Å². The van der Waals surface area contributed by atoms with E-state index in [9.17, 15) is 0 Å². The molecule has 0 bridgehead atoms. The van der Waals surface area contributed by atoms with Gasteiger partial charge >= 0.3 is 0 Å². The van der Waals surface area contributed by atoms with Crippen LogP contribution in [0.1, 0.15) is 32.0 Å². The lowest BCUT2D eigenvalue weighted by atomic mass is 10.4. The van der Waals surface area contributed by atoms with Gasteiger partial charge in [0.05, 0.1) is 0 Å². The van der Waals surface area contributed by atoms with E-state index in [0.29, 0.717) is 0 Å². The molecular weight excluding hydrogens is 166 g/mol. The zero-order valence-electron chi connectivity index (χ0n) is 8.34. The molecule has 0 fully saturated rings. The summed E-state index contributed by atoms with van der Waals surface area (Å²) in [6.45, 7) is 6.12. The Balaban J connectivity index is 2.20. The van der Waals surface area contributed by atoms with Gasteiger partial charge in [-0.15, -0.1) is 10.2 Å². The summed E-state index contributed by atoms with van der Waals surface area (Å²) in [5.41, 5.74) is 0. The maximum Gasteiger partial charge on any atom is 0.217 e. The maximum atomic E-state index is 5.35. The van der Waals surface area contributed by atoms with Crippen molar-refractivity contribution in [2.24, 2.45) is 0 Å². The van der Waals surface area contributed by atoms with Crippen molar-refractivity contribution in [2.75, 3.05) is 13.1 Å². The Morgan fingerprint density at radius 2 is 1.92 bits per heavy atom. The zero-order chi connectivity index (χ0) is 9.52. The Morgan fingerprint density at radius 1 is 1.15 bits per heavy atom. The van der Waals surface area contributed by atoms with E-state index >= 15 is 0 Å². The summed E-state index contributed by atoms with van der Waals surface area (Å²) in [5, 5.41) is 11.1. The minimum Gasteiger partial charge on any atom is -0.425 e. The molecule has 0 aliphatic rings. The van der Waals surface area contributed by atoms with Crippen LogP contribution in [0.4, 0.5) is 0 Å². The molecular formula is C9H17N3O. The average molecular weight is 183 g/mol. The van der Waals surface area contributed by atoms with Crippen LogP contribution in [0.25, 0.3) is 0 Å². The first kappa shape index (κ1) is 10.2. The lowest BCUT2D eigenvalue weighted by Gasteiger charge is -1.98. The molecule has 1 N–H and O–H groups in total. The predicted octanol–water partition coefficient (Wildman–Crippen LogP) is 1.17. The van der Waals surface area contributed by atoms with Crippen LogP contribution in [-0.4, -0.2) is 23.3 Å². The van der Waals surface area contributed by atoms with E-state index in [0.717, 1.165) is 44.1 Å². The fraction of sp³-hybridized carbons (Fsp3) is 0.778. The fourth-order valence-corrected chi connectivity index (χ4v) is 1.03. The van der Waals surface area contributed by atoms with E-state index in [1.54, 1.807) is 0 Å². The number of hydrogen-bond donors (Lipinski definition) is 1. The van der Waals surface area contributed by atoms with Crippen LogP contribution in [0.2, 0.25) is 0 Å². The summed E-state index contributed by atoms with van der Waals surface area (Å²) >= 11 is 0. The van der Waals surface area contributed by atoms with Crippen molar-refractivity contribution in [3.63, 3.8) is 0 Å². The second kappa shape index (κ2) is 5.70. The van der Waals surface area contributed by atoms with E-state index in [1.807, 2.05) is 6.92 Å². The molecule has 1 aromatic heterocycles. The number of hydrogen-bond acceptors (Lipinski definition) is 4. The van der Waals surface area contributed by atoms with Gasteiger partial charge in [0.1, 0.15) is 0 Å². The van der Waals surface area contributed by atoms with Gasteiger partial charge in [0, 0.05) is 19.4 Å². The lowest BCUT2D eigenvalue weighted by molar-refractivity contribution is 0.448. The van der Waals surface area contributed by atoms with Crippen molar-refractivity contribution < 1.29 is 4.42 Å². The van der Waals surface area contributed by atoms with Crippen LogP contribution in [0.5, 0.6) is 0 Å². The normalized spacial score (nSPS) is 10.6. The molecule has 0 atom stereocenters. The van der Waals surface area contributed by atoms with Crippen LogP contribution in [0.3, 0.4) is 0 Å². The molecule has 1 aromatic rings. The number of rotatable bonds is 6. The summed E-state index contributed by atoms with van der Waals surface area (Å²) in [6.07, 6.45) is 2.80. The van der Waals surface area contributed by atoms with Gasteiger partial charge in [-0.2, -0.15) is 0 Å². The van der Waals surface area contributed by atoms with Crippen LogP contribution in [-0.2, 0) is 12.8 Å². The Kier molecular flexibility index (Phi) is 4.46. The molecule has 0 spiro atoms. The van der Waals surface area contributed by atoms with Crippen LogP contribution >= 0.6 is 0 Å². The summed E-state index contributed by atoms with van der Waals surface area (Å²) in [4.78, 5) is 0. The highest BCUT2D eigenvalue weighted by Crippen LogP contribution is 1.99. The number of aromatic nitrogens is 2. The highest BCUT2D eigenvalue weighted by atomic mass is 16.4. The smallest absolute Gasteiger partial charge is 0.217 e. The quantitative estimate of drug-likeness (QED) is 0.673. The van der Waals surface area contributed by atoms with E-state index < -0.39 is 0 Å². The molecule has 0 aliphatic heterocycles. The third kappa shape index (κ3) is 3.55. The van der Waals surface area contributed by atoms with Crippen molar-refractivity contribution >= 4 is 0 Å². The van der Waals surface area contributed by atoms with E-state index in [-0.39, 0.29) is 0 Å². The topological polar surface area (TPSA) is 51.0 Å². The van der Waals surface area contributed by atoms with Crippen molar-refractivity contribution in [3.8, 4) is 0 Å². The molecule has 0 amide bonds. The summed E-state index contributed by atoms with van der Waals surface area (Å²) in [7, 11) is 0. The van der Waals surface area contributed by atoms with Gasteiger partial charge in [-0.05, 0) is 13.0 Å². The van der Waals surface area contributed by atoms with Crippen LogP contribution < -0.4 is 5.32 Å². The van der Waals surface area contributed by atoms with Crippen molar-refractivity contribution in [1.29, 1.82) is 0 Å². The zero-order valence-corrected chi connectivity index (χ0v) is 8.34. The first-order valence-electron chi connectivity index (χ1n) is 4.88. The molecule has 4 heteroatoms. The summed E-state index contributed by atoms with van der Waals surface area (Å²) in [6, 6.07) is 0. The Morgan fingerprint density at radius 3 is 2.54 bits per heavy atom. The molecule has 74 valence electrons. The van der Waals surface area contributed by atoms with Crippen LogP contribution in [0.15, 0.2) is 4.42 Å². The first-order valence-corrected chi connectivity index (χ1v) is 4.88. The third-order valence-electron chi connectivity index (χ3n) is 1.75. The SMILES string of the molecule is CCCNCCc1nnc(CC)o1. The van der Waals surface area contributed by atoms with E-state index in [4.69, 9.17) is 4.42 Å². The minimum absolute atomic E-state index is 0.727. The molecule has 4 nitrogen and oxygen atoms in total. The highest BCUT2D eigenvalue weighted by molar-refractivity contribution is 4.81. The van der Waals surface area contributed by atoms with Gasteiger partial charge in [0.15, 0.2) is 0 Å². The molecule has 0 aromatic carbocycles. The van der Waals surface area contributed by atoms with Gasteiger partial charge < -0.3 is 9.73 Å². The molecule has 0 aliphatic carbocycles. The number of aryl methyl sites for hydroxylation is 1. The second-order valence-corrected chi connectivity index (χ2v) is 2.94. The molecule has 1 heterocycles. The van der Waals surface area contributed by atoms with Gasteiger partial charge in [0.25, 0.3) is 0 Å². The molecule has 13 heavy (non-hydrogen) atoms. The molecule has 0 saturated carbocycles.